The number of carbonyl (C=O) groups excluding carboxylic acids is 2. The topological polar surface area (TPSA) is 67.9 Å². The summed E-state index contributed by atoms with van der Waals surface area (Å²) in [7, 11) is 0. The van der Waals surface area contributed by atoms with Crippen LogP contribution in [0, 0.1) is 5.82 Å². The van der Waals surface area contributed by atoms with Gasteiger partial charge in [-0.05, 0) is 29.6 Å². The first-order valence-electron chi connectivity index (χ1n) is 9.16. The van der Waals surface area contributed by atoms with Gasteiger partial charge in [0, 0.05) is 22.2 Å². The fourth-order valence-electron chi connectivity index (χ4n) is 3.40. The maximum absolute atomic E-state index is 14.1. The van der Waals surface area contributed by atoms with Crippen LogP contribution in [0.1, 0.15) is 10.4 Å². The molecule has 0 atom stereocenters. The zero-order chi connectivity index (χ0) is 20.7. The Morgan fingerprint density at radius 3 is 2.63 bits per heavy atom. The molecule has 2 amide bonds. The number of amides is 2. The molecule has 30 heavy (non-hydrogen) atoms. The van der Waals surface area contributed by atoms with Gasteiger partial charge in [0.25, 0.3) is 11.8 Å². The van der Waals surface area contributed by atoms with Crippen molar-refractivity contribution in [3.05, 3.63) is 81.9 Å². The number of anilines is 1. The van der Waals surface area contributed by atoms with Gasteiger partial charge in [-0.15, -0.1) is 11.3 Å². The molecule has 1 N–H and O–H groups in total. The number of hydrogen-bond donors (Lipinski definition) is 1. The molecule has 150 valence electrons. The van der Waals surface area contributed by atoms with E-state index >= 15 is 0 Å². The van der Waals surface area contributed by atoms with E-state index in [1.807, 2.05) is 11.4 Å². The summed E-state index contributed by atoms with van der Waals surface area (Å²) in [5.41, 5.74) is 1.27. The molecule has 6 nitrogen and oxygen atoms in total. The standard InChI is InChI=1S/C22H15FN2O4S/c23-15-5-2-1-4-13(15)11-25-21(26)19(18-6-3-9-30-18)20(22(25)27)24-14-7-8-16-17(10-14)29-12-28-16/h1-10,24H,11-12H2. The molecular weight excluding hydrogens is 407 g/mol. The number of benzene rings is 2. The number of ether oxygens (including phenoxy) is 2. The van der Waals surface area contributed by atoms with Crippen LogP contribution >= 0.6 is 11.3 Å². The Kier molecular flexibility index (Phi) is 4.48. The van der Waals surface area contributed by atoms with Crippen LogP contribution in [0.5, 0.6) is 11.5 Å². The molecule has 0 radical (unpaired) electrons. The van der Waals surface area contributed by atoms with Crippen molar-refractivity contribution in [1.82, 2.24) is 4.90 Å². The summed E-state index contributed by atoms with van der Waals surface area (Å²) in [6, 6.07) is 14.9. The van der Waals surface area contributed by atoms with Crippen LogP contribution in [0.25, 0.3) is 5.57 Å². The summed E-state index contributed by atoms with van der Waals surface area (Å²) < 4.78 is 24.8. The number of imide groups is 1. The van der Waals surface area contributed by atoms with Gasteiger partial charge in [0.1, 0.15) is 11.5 Å². The number of rotatable bonds is 5. The van der Waals surface area contributed by atoms with Crippen LogP contribution in [-0.4, -0.2) is 23.5 Å². The Labute approximate surface area is 175 Å². The van der Waals surface area contributed by atoms with Gasteiger partial charge in [-0.3, -0.25) is 14.5 Å². The Morgan fingerprint density at radius 1 is 1.00 bits per heavy atom. The van der Waals surface area contributed by atoms with Gasteiger partial charge in [0.05, 0.1) is 12.1 Å². The van der Waals surface area contributed by atoms with E-state index in [4.69, 9.17) is 9.47 Å². The van der Waals surface area contributed by atoms with E-state index in [1.54, 1.807) is 42.5 Å². The van der Waals surface area contributed by atoms with Crippen LogP contribution in [0.3, 0.4) is 0 Å². The number of thiophene rings is 1. The highest BCUT2D eigenvalue weighted by Gasteiger charge is 2.40. The zero-order valence-corrected chi connectivity index (χ0v) is 16.4. The number of nitrogens with one attached hydrogen (secondary N) is 1. The third-order valence-electron chi connectivity index (χ3n) is 4.86. The van der Waals surface area contributed by atoms with Gasteiger partial charge in [0.15, 0.2) is 11.5 Å². The molecule has 2 aliphatic heterocycles. The maximum Gasteiger partial charge on any atom is 0.278 e. The van der Waals surface area contributed by atoms with Crippen LogP contribution < -0.4 is 14.8 Å². The van der Waals surface area contributed by atoms with Crippen molar-refractivity contribution in [1.29, 1.82) is 0 Å². The van der Waals surface area contributed by atoms with Crippen LogP contribution in [0.15, 0.2) is 65.7 Å². The molecule has 0 aliphatic carbocycles. The Balaban J connectivity index is 1.51. The molecule has 5 rings (SSSR count). The molecule has 0 saturated heterocycles. The summed E-state index contributed by atoms with van der Waals surface area (Å²) in [4.78, 5) is 28.1. The summed E-state index contributed by atoms with van der Waals surface area (Å²) in [6.07, 6.45) is 0. The van der Waals surface area contributed by atoms with E-state index in [-0.39, 0.29) is 30.2 Å². The zero-order valence-electron chi connectivity index (χ0n) is 15.6. The minimum atomic E-state index is -0.510. The second kappa shape index (κ2) is 7.31. The molecule has 0 bridgehead atoms. The van der Waals surface area contributed by atoms with Crippen LogP contribution in [0.2, 0.25) is 0 Å². The van der Waals surface area contributed by atoms with Crippen molar-refractivity contribution >= 4 is 34.4 Å². The smallest absolute Gasteiger partial charge is 0.278 e. The van der Waals surface area contributed by atoms with Crippen molar-refractivity contribution in [2.24, 2.45) is 0 Å². The molecular formula is C22H15FN2O4S. The largest absolute Gasteiger partial charge is 0.454 e. The van der Waals surface area contributed by atoms with Gasteiger partial charge >= 0.3 is 0 Å². The quantitative estimate of drug-likeness (QED) is 0.630. The second-order valence-corrected chi connectivity index (χ2v) is 7.66. The lowest BCUT2D eigenvalue weighted by molar-refractivity contribution is -0.137. The average Bonchev–Trinajstić information content (AvgIpc) is 3.47. The van der Waals surface area contributed by atoms with Crippen LogP contribution in [0.4, 0.5) is 10.1 Å². The van der Waals surface area contributed by atoms with E-state index in [0.717, 1.165) is 4.90 Å². The SMILES string of the molecule is O=C1C(Nc2ccc3c(c2)OCO3)=C(c2cccs2)C(=O)N1Cc1ccccc1F. The molecule has 1 aromatic heterocycles. The van der Waals surface area contributed by atoms with Crippen LogP contribution in [-0.2, 0) is 16.1 Å². The lowest BCUT2D eigenvalue weighted by atomic mass is 10.1. The summed E-state index contributed by atoms with van der Waals surface area (Å²) in [5, 5.41) is 4.90. The Hall–Kier alpha value is -3.65. The van der Waals surface area contributed by atoms with Crippen molar-refractivity contribution in [3.8, 4) is 11.5 Å². The van der Waals surface area contributed by atoms with E-state index in [2.05, 4.69) is 5.32 Å². The first-order chi connectivity index (χ1) is 14.6. The van der Waals surface area contributed by atoms with Crippen molar-refractivity contribution in [2.45, 2.75) is 6.54 Å². The van der Waals surface area contributed by atoms with Gasteiger partial charge < -0.3 is 14.8 Å². The summed E-state index contributed by atoms with van der Waals surface area (Å²) >= 11 is 1.36. The molecule has 2 aliphatic rings. The van der Waals surface area contributed by atoms with Gasteiger partial charge in [-0.1, -0.05) is 24.3 Å². The maximum atomic E-state index is 14.1. The molecule has 3 heterocycles. The fourth-order valence-corrected chi connectivity index (χ4v) is 4.17. The third kappa shape index (κ3) is 3.11. The van der Waals surface area contributed by atoms with Crippen molar-refractivity contribution < 1.29 is 23.5 Å². The van der Waals surface area contributed by atoms with Gasteiger partial charge in [-0.25, -0.2) is 4.39 Å². The molecule has 0 unspecified atom stereocenters. The third-order valence-corrected chi connectivity index (χ3v) is 5.75. The lowest BCUT2D eigenvalue weighted by Crippen LogP contribution is -2.32. The van der Waals surface area contributed by atoms with Gasteiger partial charge in [-0.2, -0.15) is 0 Å². The highest BCUT2D eigenvalue weighted by atomic mass is 32.1. The number of halogens is 1. The summed E-state index contributed by atoms with van der Waals surface area (Å²) in [5.74, 6) is -0.271. The normalized spacial score (nSPS) is 15.3. The highest BCUT2D eigenvalue weighted by molar-refractivity contribution is 7.11. The van der Waals surface area contributed by atoms with E-state index in [0.29, 0.717) is 22.1 Å². The molecule has 2 aromatic carbocycles. The molecule has 0 saturated carbocycles. The average molecular weight is 422 g/mol. The molecule has 8 heteroatoms. The minimum Gasteiger partial charge on any atom is -0.454 e. The summed E-state index contributed by atoms with van der Waals surface area (Å²) in [6.45, 7) is -0.0126. The predicted molar refractivity (Wildman–Crippen MR) is 109 cm³/mol. The lowest BCUT2D eigenvalue weighted by Gasteiger charge is -2.16. The number of fused-ring (bicyclic) bond motifs is 1. The first kappa shape index (κ1) is 18.4. The molecule has 0 spiro atoms. The van der Waals surface area contributed by atoms with E-state index in [1.165, 1.54) is 17.4 Å². The minimum absolute atomic E-state index is 0.135. The predicted octanol–water partition coefficient (Wildman–Crippen LogP) is 4.01. The Bertz CT molecular complexity index is 1190. The second-order valence-electron chi connectivity index (χ2n) is 6.71. The van der Waals surface area contributed by atoms with Crippen molar-refractivity contribution in [3.63, 3.8) is 0 Å². The van der Waals surface area contributed by atoms with E-state index in [9.17, 15) is 14.0 Å². The van der Waals surface area contributed by atoms with Crippen molar-refractivity contribution in [2.75, 3.05) is 12.1 Å². The van der Waals surface area contributed by atoms with Gasteiger partial charge in [0.2, 0.25) is 6.79 Å². The highest BCUT2D eigenvalue weighted by Crippen LogP contribution is 2.37. The Morgan fingerprint density at radius 2 is 1.83 bits per heavy atom. The monoisotopic (exact) mass is 422 g/mol. The van der Waals surface area contributed by atoms with E-state index < -0.39 is 17.6 Å². The number of nitrogens with zero attached hydrogens (tertiary/aromatic N) is 1. The number of hydrogen-bond acceptors (Lipinski definition) is 6. The molecule has 0 fully saturated rings. The number of carbonyl (C=O) groups is 2. The first-order valence-corrected chi connectivity index (χ1v) is 10.0. The molecule has 3 aromatic rings. The fraction of sp³-hybridized carbons (Fsp3) is 0.0909.